The maximum absolute atomic E-state index is 11.9. The zero-order valence-corrected chi connectivity index (χ0v) is 13.8. The molecule has 1 aromatic rings. The molecule has 1 atom stereocenters. The predicted octanol–water partition coefficient (Wildman–Crippen LogP) is 2.34. The van der Waals surface area contributed by atoms with Crippen molar-refractivity contribution in [2.24, 2.45) is 11.7 Å². The smallest absolute Gasteiger partial charge is 0.251 e. The van der Waals surface area contributed by atoms with Crippen LogP contribution in [0.2, 0.25) is 0 Å². The lowest BCUT2D eigenvalue weighted by Crippen LogP contribution is -2.36. The van der Waals surface area contributed by atoms with Crippen molar-refractivity contribution in [2.45, 2.75) is 26.3 Å². The third kappa shape index (κ3) is 6.74. The van der Waals surface area contributed by atoms with E-state index < -0.39 is 6.04 Å². The van der Waals surface area contributed by atoms with Gasteiger partial charge in [-0.25, -0.2) is 0 Å². The Hall–Kier alpha value is -1.85. The lowest BCUT2D eigenvalue weighted by molar-refractivity contribution is -0.117. The van der Waals surface area contributed by atoms with Gasteiger partial charge in [0.1, 0.15) is 0 Å². The van der Waals surface area contributed by atoms with Gasteiger partial charge in [-0.3, -0.25) is 9.59 Å². The molecular formula is C16H24ClN3O2. The summed E-state index contributed by atoms with van der Waals surface area (Å²) < 4.78 is 0. The third-order valence-electron chi connectivity index (χ3n) is 2.88. The molecule has 0 saturated heterocycles. The first-order chi connectivity index (χ1) is 9.93. The number of carbonyl (C=O) groups is 2. The quantitative estimate of drug-likeness (QED) is 0.673. The number of hydrogen-bond donors (Lipinski definition) is 3. The average Bonchev–Trinajstić information content (AvgIpc) is 2.44. The minimum absolute atomic E-state index is 0. The Morgan fingerprint density at radius 3 is 2.36 bits per heavy atom. The van der Waals surface area contributed by atoms with E-state index in [0.29, 0.717) is 30.1 Å². The molecule has 0 aliphatic heterocycles. The van der Waals surface area contributed by atoms with Crippen molar-refractivity contribution in [1.82, 2.24) is 5.32 Å². The molecule has 0 aliphatic carbocycles. The van der Waals surface area contributed by atoms with Gasteiger partial charge in [0.05, 0.1) is 6.04 Å². The Bertz CT molecular complexity index is 501. The highest BCUT2D eigenvalue weighted by molar-refractivity contribution is 5.97. The van der Waals surface area contributed by atoms with E-state index in [1.807, 2.05) is 13.8 Å². The Balaban J connectivity index is 0.00000441. The third-order valence-corrected chi connectivity index (χ3v) is 2.88. The Morgan fingerprint density at radius 1 is 1.27 bits per heavy atom. The van der Waals surface area contributed by atoms with Crippen molar-refractivity contribution in [3.05, 3.63) is 42.5 Å². The molecule has 0 spiro atoms. The van der Waals surface area contributed by atoms with Crippen LogP contribution in [-0.4, -0.2) is 24.4 Å². The highest BCUT2D eigenvalue weighted by Crippen LogP contribution is 2.11. The molecule has 0 fully saturated rings. The van der Waals surface area contributed by atoms with Gasteiger partial charge < -0.3 is 16.4 Å². The number of rotatable bonds is 7. The van der Waals surface area contributed by atoms with Crippen LogP contribution in [0.1, 0.15) is 30.6 Å². The van der Waals surface area contributed by atoms with Crippen molar-refractivity contribution in [3.63, 3.8) is 0 Å². The molecule has 6 heteroatoms. The number of amides is 2. The van der Waals surface area contributed by atoms with Crippen molar-refractivity contribution in [3.8, 4) is 0 Å². The summed E-state index contributed by atoms with van der Waals surface area (Å²) >= 11 is 0. The van der Waals surface area contributed by atoms with Crippen molar-refractivity contribution < 1.29 is 9.59 Å². The Kier molecular flexibility index (Phi) is 9.13. The lowest BCUT2D eigenvalue weighted by Gasteiger charge is -2.14. The summed E-state index contributed by atoms with van der Waals surface area (Å²) in [4.78, 5) is 23.6. The number of anilines is 1. The van der Waals surface area contributed by atoms with Crippen molar-refractivity contribution >= 4 is 29.9 Å². The van der Waals surface area contributed by atoms with Crippen LogP contribution in [-0.2, 0) is 4.79 Å². The number of hydrogen-bond acceptors (Lipinski definition) is 3. The molecule has 1 aromatic carbocycles. The van der Waals surface area contributed by atoms with Gasteiger partial charge in [-0.1, -0.05) is 19.9 Å². The molecule has 0 saturated carbocycles. The van der Waals surface area contributed by atoms with Gasteiger partial charge in [-0.15, -0.1) is 19.0 Å². The van der Waals surface area contributed by atoms with Crippen molar-refractivity contribution in [2.75, 3.05) is 11.9 Å². The minimum Gasteiger partial charge on any atom is -0.349 e. The maximum Gasteiger partial charge on any atom is 0.251 e. The zero-order chi connectivity index (χ0) is 15.8. The van der Waals surface area contributed by atoms with Crippen LogP contribution in [0.15, 0.2) is 36.9 Å². The molecule has 0 aliphatic rings. The second-order valence-electron chi connectivity index (χ2n) is 5.30. The Morgan fingerprint density at radius 2 is 1.86 bits per heavy atom. The van der Waals surface area contributed by atoms with E-state index in [2.05, 4.69) is 17.2 Å². The molecule has 22 heavy (non-hydrogen) atoms. The molecule has 0 aromatic heterocycles. The average molecular weight is 326 g/mol. The van der Waals surface area contributed by atoms with Gasteiger partial charge >= 0.3 is 0 Å². The minimum atomic E-state index is -0.527. The summed E-state index contributed by atoms with van der Waals surface area (Å²) in [6.45, 7) is 7.99. The van der Waals surface area contributed by atoms with Crippen LogP contribution in [0.3, 0.4) is 0 Å². The van der Waals surface area contributed by atoms with E-state index in [1.54, 1.807) is 30.3 Å². The van der Waals surface area contributed by atoms with Crippen LogP contribution in [0.25, 0.3) is 0 Å². The van der Waals surface area contributed by atoms with E-state index in [9.17, 15) is 9.59 Å². The standard InChI is InChI=1S/C16H23N3O2.ClH/c1-4-9-18-15(20)12-5-7-13(8-6-12)19-16(21)14(17)10-11(2)3;/h4-8,11,14H,1,9-10,17H2,2-3H3,(H,18,20)(H,19,21);1H/t14-;/m0./s1. The lowest BCUT2D eigenvalue weighted by atomic mass is 10.0. The number of nitrogens with two attached hydrogens (primary N) is 1. The first-order valence-electron chi connectivity index (χ1n) is 6.99. The van der Waals surface area contributed by atoms with Crippen LogP contribution in [0, 0.1) is 5.92 Å². The first kappa shape index (κ1) is 20.1. The molecule has 2 amide bonds. The van der Waals surface area contributed by atoms with E-state index in [4.69, 9.17) is 5.73 Å². The fourth-order valence-electron chi connectivity index (χ4n) is 1.82. The monoisotopic (exact) mass is 325 g/mol. The van der Waals surface area contributed by atoms with Crippen molar-refractivity contribution in [1.29, 1.82) is 0 Å². The fourth-order valence-corrected chi connectivity index (χ4v) is 1.82. The second-order valence-corrected chi connectivity index (χ2v) is 5.30. The normalized spacial score (nSPS) is 11.3. The van der Waals surface area contributed by atoms with Crippen LogP contribution < -0.4 is 16.4 Å². The van der Waals surface area contributed by atoms with Gasteiger partial charge in [0, 0.05) is 17.8 Å². The summed E-state index contributed by atoms with van der Waals surface area (Å²) in [6.07, 6.45) is 2.25. The molecule has 0 heterocycles. The van der Waals surface area contributed by atoms with Gasteiger partial charge in [-0.2, -0.15) is 0 Å². The highest BCUT2D eigenvalue weighted by atomic mass is 35.5. The van der Waals surface area contributed by atoms with E-state index in [1.165, 1.54) is 0 Å². The van der Waals surface area contributed by atoms with Gasteiger partial charge in [0.2, 0.25) is 5.91 Å². The van der Waals surface area contributed by atoms with E-state index in [0.717, 1.165) is 0 Å². The van der Waals surface area contributed by atoms with Gasteiger partial charge in [-0.05, 0) is 36.6 Å². The van der Waals surface area contributed by atoms with E-state index >= 15 is 0 Å². The summed E-state index contributed by atoms with van der Waals surface area (Å²) in [6, 6.07) is 6.15. The predicted molar refractivity (Wildman–Crippen MR) is 92.3 cm³/mol. The first-order valence-corrected chi connectivity index (χ1v) is 6.99. The Labute approximate surface area is 137 Å². The number of benzene rings is 1. The SMILES string of the molecule is C=CCNC(=O)c1ccc(NC(=O)[C@@H](N)CC(C)C)cc1.Cl. The molecular weight excluding hydrogens is 302 g/mol. The summed E-state index contributed by atoms with van der Waals surface area (Å²) in [5, 5.41) is 5.43. The zero-order valence-electron chi connectivity index (χ0n) is 13.0. The van der Waals surface area contributed by atoms with Gasteiger partial charge in [0.15, 0.2) is 0 Å². The molecule has 122 valence electrons. The maximum atomic E-state index is 11.9. The van der Waals surface area contributed by atoms with Crippen LogP contribution in [0.4, 0.5) is 5.69 Å². The summed E-state index contributed by atoms with van der Waals surface area (Å²) in [5.41, 5.74) is 6.97. The largest absolute Gasteiger partial charge is 0.349 e. The van der Waals surface area contributed by atoms with Crippen LogP contribution in [0.5, 0.6) is 0 Å². The molecule has 1 rings (SSSR count). The second kappa shape index (κ2) is 9.97. The number of nitrogens with one attached hydrogen (secondary N) is 2. The number of carbonyl (C=O) groups excluding carboxylic acids is 2. The summed E-state index contributed by atoms with van der Waals surface area (Å²) in [5.74, 6) is -0.0291. The molecule has 4 N–H and O–H groups in total. The molecule has 0 unspecified atom stereocenters. The van der Waals surface area contributed by atoms with E-state index in [-0.39, 0.29) is 24.2 Å². The van der Waals surface area contributed by atoms with Crippen LogP contribution >= 0.6 is 12.4 Å². The molecule has 0 radical (unpaired) electrons. The topological polar surface area (TPSA) is 84.2 Å². The number of halogens is 1. The molecule has 0 bridgehead atoms. The molecule has 5 nitrogen and oxygen atoms in total. The van der Waals surface area contributed by atoms with Gasteiger partial charge in [0.25, 0.3) is 5.91 Å². The highest BCUT2D eigenvalue weighted by Gasteiger charge is 2.15. The fraction of sp³-hybridized carbons (Fsp3) is 0.375. The summed E-state index contributed by atoms with van der Waals surface area (Å²) in [7, 11) is 0.